The van der Waals surface area contributed by atoms with Gasteiger partial charge in [-0.25, -0.2) is 0 Å². The second-order valence-corrected chi connectivity index (χ2v) is 6.62. The number of hydrogen-bond acceptors (Lipinski definition) is 4. The molecule has 0 radical (unpaired) electrons. The van der Waals surface area contributed by atoms with Crippen LogP contribution in [-0.4, -0.2) is 53.9 Å². The molecule has 6 heteroatoms. The van der Waals surface area contributed by atoms with E-state index >= 15 is 0 Å². The number of benzene rings is 1. The molecule has 0 atom stereocenters. The van der Waals surface area contributed by atoms with Gasteiger partial charge in [0.25, 0.3) is 11.8 Å². The number of furan rings is 1. The number of piperazine rings is 1. The minimum Gasteiger partial charge on any atom is -0.459 e. The molecule has 1 aromatic carbocycles. The van der Waals surface area contributed by atoms with Crippen molar-refractivity contribution in [3.8, 4) is 0 Å². The maximum absolute atomic E-state index is 12.7. The van der Waals surface area contributed by atoms with Crippen LogP contribution >= 0.6 is 0 Å². The molecule has 0 bridgehead atoms. The van der Waals surface area contributed by atoms with Crippen LogP contribution in [0.2, 0.25) is 0 Å². The Balaban J connectivity index is 1.54. The summed E-state index contributed by atoms with van der Waals surface area (Å²) < 4.78 is 10.7. The van der Waals surface area contributed by atoms with Gasteiger partial charge in [-0.3, -0.25) is 9.59 Å². The number of nitrogens with zero attached hydrogens (tertiary/aromatic N) is 2. The van der Waals surface area contributed by atoms with Gasteiger partial charge in [0.15, 0.2) is 5.76 Å². The van der Waals surface area contributed by atoms with Crippen LogP contribution in [0.5, 0.6) is 0 Å². The van der Waals surface area contributed by atoms with Crippen molar-refractivity contribution in [3.05, 3.63) is 59.5 Å². The number of ether oxygens (including phenoxy) is 1. The van der Waals surface area contributed by atoms with Crippen molar-refractivity contribution < 1.29 is 18.7 Å². The van der Waals surface area contributed by atoms with E-state index in [2.05, 4.69) is 0 Å². The fraction of sp³-hybridized carbons (Fsp3) is 0.400. The molecule has 1 fully saturated rings. The van der Waals surface area contributed by atoms with Gasteiger partial charge >= 0.3 is 0 Å². The molecular weight excluding hydrogens is 332 g/mol. The first kappa shape index (κ1) is 18.2. The summed E-state index contributed by atoms with van der Waals surface area (Å²) in [4.78, 5) is 28.4. The topological polar surface area (TPSA) is 63.0 Å². The van der Waals surface area contributed by atoms with Crippen molar-refractivity contribution in [2.45, 2.75) is 26.6 Å². The lowest BCUT2D eigenvalue weighted by atomic mass is 10.1. The predicted molar refractivity (Wildman–Crippen MR) is 96.9 cm³/mol. The van der Waals surface area contributed by atoms with Crippen LogP contribution in [0.25, 0.3) is 0 Å². The molecule has 0 saturated carbocycles. The van der Waals surface area contributed by atoms with Crippen LogP contribution < -0.4 is 0 Å². The third-order valence-electron chi connectivity index (χ3n) is 4.37. The van der Waals surface area contributed by atoms with E-state index in [0.29, 0.717) is 44.1 Å². The van der Waals surface area contributed by atoms with E-state index in [1.807, 2.05) is 38.1 Å². The average Bonchev–Trinajstić information content (AvgIpc) is 3.20. The lowest BCUT2D eigenvalue weighted by Gasteiger charge is -2.34. The SMILES string of the molecule is CC(C)OCc1ccc(C(=O)N2CCN(C(=O)c3ccco3)CC2)cc1. The molecule has 2 amide bonds. The summed E-state index contributed by atoms with van der Waals surface area (Å²) in [5, 5.41) is 0. The molecule has 0 unspecified atom stereocenters. The highest BCUT2D eigenvalue weighted by Gasteiger charge is 2.26. The highest BCUT2D eigenvalue weighted by molar-refractivity contribution is 5.95. The fourth-order valence-electron chi connectivity index (χ4n) is 2.86. The number of amides is 2. The van der Waals surface area contributed by atoms with E-state index in [0.717, 1.165) is 5.56 Å². The Morgan fingerprint density at radius 3 is 2.15 bits per heavy atom. The number of carbonyl (C=O) groups is 2. The highest BCUT2D eigenvalue weighted by atomic mass is 16.5. The largest absolute Gasteiger partial charge is 0.459 e. The Morgan fingerprint density at radius 2 is 1.62 bits per heavy atom. The van der Waals surface area contributed by atoms with Gasteiger partial charge in [0.05, 0.1) is 19.0 Å². The summed E-state index contributed by atoms with van der Waals surface area (Å²) in [6, 6.07) is 10.9. The minimum atomic E-state index is -0.128. The van der Waals surface area contributed by atoms with Crippen molar-refractivity contribution in [3.63, 3.8) is 0 Å². The van der Waals surface area contributed by atoms with Crippen LogP contribution in [0.3, 0.4) is 0 Å². The van der Waals surface area contributed by atoms with E-state index in [1.54, 1.807) is 21.9 Å². The molecule has 2 heterocycles. The second-order valence-electron chi connectivity index (χ2n) is 6.62. The smallest absolute Gasteiger partial charge is 0.289 e. The van der Waals surface area contributed by atoms with Gasteiger partial charge in [-0.1, -0.05) is 12.1 Å². The fourth-order valence-corrected chi connectivity index (χ4v) is 2.86. The molecule has 26 heavy (non-hydrogen) atoms. The summed E-state index contributed by atoms with van der Waals surface area (Å²) in [6.07, 6.45) is 1.67. The maximum Gasteiger partial charge on any atom is 0.289 e. The Kier molecular flexibility index (Phi) is 5.73. The molecule has 1 aromatic heterocycles. The normalized spacial score (nSPS) is 14.7. The molecule has 1 aliphatic rings. The van der Waals surface area contributed by atoms with E-state index in [-0.39, 0.29) is 17.9 Å². The van der Waals surface area contributed by atoms with Crippen molar-refractivity contribution in [1.29, 1.82) is 0 Å². The Labute approximate surface area is 153 Å². The zero-order chi connectivity index (χ0) is 18.5. The van der Waals surface area contributed by atoms with Crippen molar-refractivity contribution in [2.24, 2.45) is 0 Å². The van der Waals surface area contributed by atoms with E-state index in [1.165, 1.54) is 6.26 Å². The summed E-state index contributed by atoms with van der Waals surface area (Å²) in [5.41, 5.74) is 1.70. The average molecular weight is 356 g/mol. The van der Waals surface area contributed by atoms with E-state index in [4.69, 9.17) is 9.15 Å². The zero-order valence-corrected chi connectivity index (χ0v) is 15.2. The van der Waals surface area contributed by atoms with Crippen molar-refractivity contribution in [1.82, 2.24) is 9.80 Å². The number of carbonyl (C=O) groups excluding carboxylic acids is 2. The minimum absolute atomic E-state index is 0.00794. The Hall–Kier alpha value is -2.60. The van der Waals surface area contributed by atoms with Crippen molar-refractivity contribution in [2.75, 3.05) is 26.2 Å². The first-order chi connectivity index (χ1) is 12.5. The van der Waals surface area contributed by atoms with Gasteiger partial charge in [-0.15, -0.1) is 0 Å². The summed E-state index contributed by atoms with van der Waals surface area (Å²) in [5.74, 6) is 0.201. The Bertz CT molecular complexity index is 730. The quantitative estimate of drug-likeness (QED) is 0.826. The van der Waals surface area contributed by atoms with Gasteiger partial charge < -0.3 is 19.0 Å². The predicted octanol–water partition coefficient (Wildman–Crippen LogP) is 2.80. The Morgan fingerprint density at radius 1 is 1.00 bits per heavy atom. The molecule has 2 aromatic rings. The van der Waals surface area contributed by atoms with Crippen LogP contribution in [0, 0.1) is 0 Å². The monoisotopic (exact) mass is 356 g/mol. The molecule has 6 nitrogen and oxygen atoms in total. The summed E-state index contributed by atoms with van der Waals surface area (Å²) in [6.45, 7) is 6.58. The van der Waals surface area contributed by atoms with Crippen LogP contribution in [0.15, 0.2) is 47.1 Å². The van der Waals surface area contributed by atoms with Crippen LogP contribution in [0.4, 0.5) is 0 Å². The molecule has 0 spiro atoms. The standard InChI is InChI=1S/C20H24N2O4/c1-15(2)26-14-16-5-7-17(8-6-16)19(23)21-9-11-22(12-10-21)20(24)18-4-3-13-25-18/h3-8,13,15H,9-12,14H2,1-2H3. The highest BCUT2D eigenvalue weighted by Crippen LogP contribution is 2.13. The molecular formula is C20H24N2O4. The number of rotatable bonds is 5. The van der Waals surface area contributed by atoms with Crippen LogP contribution in [0.1, 0.15) is 40.3 Å². The lowest BCUT2D eigenvalue weighted by molar-refractivity contribution is 0.0518. The third kappa shape index (κ3) is 4.32. The molecule has 1 aliphatic heterocycles. The molecule has 1 saturated heterocycles. The van der Waals surface area contributed by atoms with Gasteiger partial charge in [-0.2, -0.15) is 0 Å². The van der Waals surface area contributed by atoms with E-state index < -0.39 is 0 Å². The molecule has 0 N–H and O–H groups in total. The van der Waals surface area contributed by atoms with Crippen molar-refractivity contribution >= 4 is 11.8 Å². The molecule has 3 rings (SSSR count). The van der Waals surface area contributed by atoms with E-state index in [9.17, 15) is 9.59 Å². The van der Waals surface area contributed by atoms with Gasteiger partial charge in [-0.05, 0) is 43.7 Å². The number of hydrogen-bond donors (Lipinski definition) is 0. The summed E-state index contributed by atoms with van der Waals surface area (Å²) in [7, 11) is 0. The summed E-state index contributed by atoms with van der Waals surface area (Å²) >= 11 is 0. The second kappa shape index (κ2) is 8.19. The third-order valence-corrected chi connectivity index (χ3v) is 4.37. The van der Waals surface area contributed by atoms with Crippen LogP contribution in [-0.2, 0) is 11.3 Å². The van der Waals surface area contributed by atoms with Gasteiger partial charge in [0.1, 0.15) is 0 Å². The lowest BCUT2D eigenvalue weighted by Crippen LogP contribution is -2.50. The van der Waals surface area contributed by atoms with Gasteiger partial charge in [0, 0.05) is 31.7 Å². The first-order valence-corrected chi connectivity index (χ1v) is 8.87. The molecule has 138 valence electrons. The zero-order valence-electron chi connectivity index (χ0n) is 15.2. The maximum atomic E-state index is 12.7. The molecule has 0 aliphatic carbocycles. The van der Waals surface area contributed by atoms with Gasteiger partial charge in [0.2, 0.25) is 0 Å². The first-order valence-electron chi connectivity index (χ1n) is 8.87.